The first kappa shape index (κ1) is 21.0. The fourth-order valence-corrected chi connectivity index (χ4v) is 4.53. The van der Waals surface area contributed by atoms with Crippen molar-refractivity contribution in [2.75, 3.05) is 6.54 Å². The van der Waals surface area contributed by atoms with Gasteiger partial charge in [-0.25, -0.2) is 0 Å². The number of hydrogen-bond acceptors (Lipinski definition) is 4. The molecule has 0 bridgehead atoms. The summed E-state index contributed by atoms with van der Waals surface area (Å²) in [6, 6.07) is 9.77. The zero-order valence-corrected chi connectivity index (χ0v) is 17.8. The Morgan fingerprint density at radius 3 is 2.68 bits per heavy atom. The molecule has 31 heavy (non-hydrogen) atoms. The topological polar surface area (TPSA) is 82.1 Å². The van der Waals surface area contributed by atoms with Crippen LogP contribution in [0.5, 0.6) is 0 Å². The molecular weight excluding hydrogens is 392 g/mol. The summed E-state index contributed by atoms with van der Waals surface area (Å²) in [6.07, 6.45) is 11.3. The summed E-state index contributed by atoms with van der Waals surface area (Å²) in [5, 5.41) is 3.07. The van der Waals surface area contributed by atoms with Crippen LogP contribution in [0.15, 0.2) is 59.8 Å². The molecule has 1 fully saturated rings. The molecule has 7 nitrogen and oxygen atoms in total. The first-order valence-electron chi connectivity index (χ1n) is 10.8. The summed E-state index contributed by atoms with van der Waals surface area (Å²) < 4.78 is 0. The molecule has 0 unspecified atom stereocenters. The van der Waals surface area contributed by atoms with E-state index in [1.165, 1.54) is 0 Å². The van der Waals surface area contributed by atoms with E-state index in [1.807, 2.05) is 36.4 Å². The number of amidine groups is 1. The van der Waals surface area contributed by atoms with E-state index in [1.54, 1.807) is 35.1 Å². The average molecular weight is 421 g/mol. The quantitative estimate of drug-likeness (QED) is 0.767. The summed E-state index contributed by atoms with van der Waals surface area (Å²) in [4.78, 5) is 46.4. The van der Waals surface area contributed by atoms with E-state index < -0.39 is 5.54 Å². The number of hydrogen-bond donors (Lipinski definition) is 1. The minimum atomic E-state index is -1.14. The van der Waals surface area contributed by atoms with Gasteiger partial charge in [-0.2, -0.15) is 4.99 Å². The third kappa shape index (κ3) is 4.60. The zero-order chi connectivity index (χ0) is 21.8. The average Bonchev–Trinajstić information content (AvgIpc) is 3.26. The standard InChI is InChI=1S/C24H28N4O3/c1-24(15-21(29)26-20-13-7-8-14-28(20)24)23(31)27(16-18-9-3-2-4-10-18)17-22(30)25-19-11-5-6-12-19/h2-4,7-10,13-14,19H,5-6,11-12,15-17H2,1H3,(H,25,30)/t24-/m0/s1. The molecule has 1 aromatic carbocycles. The number of amides is 3. The number of aliphatic imine (C=N–C) groups is 1. The number of rotatable bonds is 6. The highest BCUT2D eigenvalue weighted by molar-refractivity contribution is 6.09. The molecule has 7 heteroatoms. The largest absolute Gasteiger partial charge is 0.352 e. The van der Waals surface area contributed by atoms with Gasteiger partial charge in [0, 0.05) is 18.8 Å². The van der Waals surface area contributed by atoms with Crippen LogP contribution in [-0.2, 0) is 20.9 Å². The molecule has 1 saturated carbocycles. The van der Waals surface area contributed by atoms with Crippen molar-refractivity contribution < 1.29 is 14.4 Å². The lowest BCUT2D eigenvalue weighted by molar-refractivity contribution is -0.146. The van der Waals surface area contributed by atoms with Crippen molar-refractivity contribution in [2.24, 2.45) is 4.99 Å². The van der Waals surface area contributed by atoms with Crippen LogP contribution in [0.3, 0.4) is 0 Å². The van der Waals surface area contributed by atoms with Crippen LogP contribution in [0.4, 0.5) is 0 Å². The van der Waals surface area contributed by atoms with Crippen LogP contribution >= 0.6 is 0 Å². The number of nitrogens with one attached hydrogen (secondary N) is 1. The van der Waals surface area contributed by atoms with Gasteiger partial charge in [-0.1, -0.05) is 49.2 Å². The summed E-state index contributed by atoms with van der Waals surface area (Å²) >= 11 is 0. The number of fused-ring (bicyclic) bond motifs is 1. The second-order valence-electron chi connectivity index (χ2n) is 8.58. The normalized spacial score (nSPS) is 22.8. The van der Waals surface area contributed by atoms with Gasteiger partial charge in [0.05, 0.1) is 13.0 Å². The molecule has 0 radical (unpaired) electrons. The summed E-state index contributed by atoms with van der Waals surface area (Å²) in [7, 11) is 0. The second kappa shape index (κ2) is 8.88. The van der Waals surface area contributed by atoms with Crippen LogP contribution in [0, 0.1) is 0 Å². The lowest BCUT2D eigenvalue weighted by Crippen LogP contribution is -2.61. The molecule has 2 heterocycles. The maximum absolute atomic E-state index is 13.8. The number of nitrogens with zero attached hydrogens (tertiary/aromatic N) is 3. The summed E-state index contributed by atoms with van der Waals surface area (Å²) in [5.41, 5.74) is -0.212. The fourth-order valence-electron chi connectivity index (χ4n) is 4.53. The first-order valence-corrected chi connectivity index (χ1v) is 10.8. The van der Waals surface area contributed by atoms with Crippen LogP contribution < -0.4 is 5.32 Å². The van der Waals surface area contributed by atoms with Crippen molar-refractivity contribution in [3.8, 4) is 0 Å². The highest BCUT2D eigenvalue weighted by Crippen LogP contribution is 2.30. The fraction of sp³-hybridized carbons (Fsp3) is 0.417. The Labute approximate surface area is 182 Å². The van der Waals surface area contributed by atoms with Gasteiger partial charge in [-0.3, -0.25) is 14.4 Å². The highest BCUT2D eigenvalue weighted by Gasteiger charge is 2.47. The molecule has 162 valence electrons. The maximum atomic E-state index is 13.8. The van der Waals surface area contributed by atoms with Gasteiger partial charge < -0.3 is 15.1 Å². The van der Waals surface area contributed by atoms with E-state index >= 15 is 0 Å². The molecular formula is C24H28N4O3. The van der Waals surface area contributed by atoms with E-state index in [2.05, 4.69) is 10.3 Å². The Morgan fingerprint density at radius 2 is 1.94 bits per heavy atom. The van der Waals surface area contributed by atoms with E-state index in [4.69, 9.17) is 0 Å². The predicted octanol–water partition coefficient (Wildman–Crippen LogP) is 2.55. The van der Waals surface area contributed by atoms with E-state index in [9.17, 15) is 14.4 Å². The highest BCUT2D eigenvalue weighted by atomic mass is 16.2. The zero-order valence-electron chi connectivity index (χ0n) is 17.8. The van der Waals surface area contributed by atoms with Crippen molar-refractivity contribution in [2.45, 2.75) is 57.2 Å². The van der Waals surface area contributed by atoms with Gasteiger partial charge in [0.15, 0.2) is 0 Å². The molecule has 0 saturated heterocycles. The Kier molecular flexibility index (Phi) is 6.02. The Hall–Kier alpha value is -3.22. The van der Waals surface area contributed by atoms with Gasteiger partial charge in [0.25, 0.3) is 5.91 Å². The Balaban J connectivity index is 1.58. The van der Waals surface area contributed by atoms with Crippen LogP contribution in [0.25, 0.3) is 0 Å². The molecule has 1 N–H and O–H groups in total. The van der Waals surface area contributed by atoms with E-state index in [-0.39, 0.29) is 36.7 Å². The SMILES string of the molecule is C[C@@]1(C(=O)N(CC(=O)NC2CCCC2)Cc2ccccc2)CC(=O)N=C2C=CC=CN21. The van der Waals surface area contributed by atoms with Crippen LogP contribution in [0.2, 0.25) is 0 Å². The molecule has 1 atom stereocenters. The lowest BCUT2D eigenvalue weighted by Gasteiger charge is -2.44. The first-order chi connectivity index (χ1) is 15.0. The molecule has 2 aliphatic heterocycles. The number of allylic oxidation sites excluding steroid dienone is 2. The van der Waals surface area contributed by atoms with Crippen molar-refractivity contribution in [1.82, 2.24) is 15.1 Å². The van der Waals surface area contributed by atoms with Crippen LogP contribution in [0.1, 0.15) is 44.6 Å². The van der Waals surface area contributed by atoms with Crippen molar-refractivity contribution >= 4 is 23.6 Å². The third-order valence-corrected chi connectivity index (χ3v) is 6.12. The third-order valence-electron chi connectivity index (χ3n) is 6.12. The molecule has 0 spiro atoms. The second-order valence-corrected chi connectivity index (χ2v) is 8.58. The van der Waals surface area contributed by atoms with E-state index in [0.717, 1.165) is 31.2 Å². The van der Waals surface area contributed by atoms with Crippen molar-refractivity contribution in [3.63, 3.8) is 0 Å². The van der Waals surface area contributed by atoms with Crippen molar-refractivity contribution in [3.05, 3.63) is 60.3 Å². The number of carbonyl (C=O) groups is 3. The molecule has 1 aromatic rings. The van der Waals surface area contributed by atoms with Gasteiger partial charge >= 0.3 is 0 Å². The Morgan fingerprint density at radius 1 is 1.19 bits per heavy atom. The lowest BCUT2D eigenvalue weighted by atomic mass is 9.90. The molecule has 3 amide bonds. The minimum absolute atomic E-state index is 0.0386. The van der Waals surface area contributed by atoms with Crippen LogP contribution in [-0.4, -0.2) is 51.5 Å². The number of benzene rings is 1. The van der Waals surface area contributed by atoms with E-state index in [0.29, 0.717) is 12.4 Å². The summed E-state index contributed by atoms with van der Waals surface area (Å²) in [5.74, 6) is -0.315. The number of carbonyl (C=O) groups excluding carboxylic acids is 3. The summed E-state index contributed by atoms with van der Waals surface area (Å²) in [6.45, 7) is 1.99. The molecule has 1 aliphatic carbocycles. The molecule has 4 rings (SSSR count). The maximum Gasteiger partial charge on any atom is 0.250 e. The van der Waals surface area contributed by atoms with Crippen molar-refractivity contribution in [1.29, 1.82) is 0 Å². The molecule has 0 aromatic heterocycles. The van der Waals surface area contributed by atoms with Gasteiger partial charge in [-0.15, -0.1) is 0 Å². The molecule has 3 aliphatic rings. The predicted molar refractivity (Wildman–Crippen MR) is 118 cm³/mol. The van der Waals surface area contributed by atoms with Gasteiger partial charge in [0.2, 0.25) is 11.8 Å². The monoisotopic (exact) mass is 420 g/mol. The Bertz CT molecular complexity index is 947. The van der Waals surface area contributed by atoms with Gasteiger partial charge in [0.1, 0.15) is 11.4 Å². The smallest absolute Gasteiger partial charge is 0.250 e. The van der Waals surface area contributed by atoms with Gasteiger partial charge in [-0.05, 0) is 37.5 Å². The minimum Gasteiger partial charge on any atom is -0.352 e.